The molecular formula is C12H18ClN3. The van der Waals surface area contributed by atoms with Crippen molar-refractivity contribution in [2.45, 2.75) is 32.6 Å². The van der Waals surface area contributed by atoms with Gasteiger partial charge in [0, 0.05) is 6.54 Å². The molecule has 88 valence electrons. The topological polar surface area (TPSA) is 37.8 Å². The fraction of sp³-hybridized carbons (Fsp3) is 0.667. The van der Waals surface area contributed by atoms with Crippen LogP contribution in [0.5, 0.6) is 0 Å². The minimum absolute atomic E-state index is 0.581. The summed E-state index contributed by atoms with van der Waals surface area (Å²) in [5.41, 5.74) is 0. The van der Waals surface area contributed by atoms with Crippen LogP contribution in [0.15, 0.2) is 12.4 Å². The van der Waals surface area contributed by atoms with E-state index in [0.717, 1.165) is 18.4 Å². The molecule has 0 atom stereocenters. The van der Waals surface area contributed by atoms with Crippen molar-refractivity contribution < 1.29 is 0 Å². The molecule has 1 heterocycles. The number of aromatic nitrogens is 2. The SMILES string of the molecule is CC1CCC(CNc2ncc(Cl)cn2)CC1. The lowest BCUT2D eigenvalue weighted by atomic mass is 9.83. The second-order valence-electron chi connectivity index (χ2n) is 4.73. The lowest BCUT2D eigenvalue weighted by molar-refractivity contribution is 0.300. The van der Waals surface area contributed by atoms with Gasteiger partial charge in [-0.05, 0) is 24.7 Å². The normalized spacial score (nSPS) is 25.4. The van der Waals surface area contributed by atoms with Crippen molar-refractivity contribution in [3.8, 4) is 0 Å². The molecular weight excluding hydrogens is 222 g/mol. The predicted octanol–water partition coefficient (Wildman–Crippen LogP) is 3.37. The maximum absolute atomic E-state index is 5.72. The van der Waals surface area contributed by atoms with Crippen LogP contribution in [0.1, 0.15) is 32.6 Å². The van der Waals surface area contributed by atoms with Gasteiger partial charge in [-0.2, -0.15) is 0 Å². The Morgan fingerprint density at radius 1 is 1.25 bits per heavy atom. The van der Waals surface area contributed by atoms with E-state index in [1.165, 1.54) is 25.7 Å². The van der Waals surface area contributed by atoms with E-state index in [1.54, 1.807) is 12.4 Å². The highest BCUT2D eigenvalue weighted by molar-refractivity contribution is 6.30. The number of anilines is 1. The summed E-state index contributed by atoms with van der Waals surface area (Å²) in [7, 11) is 0. The van der Waals surface area contributed by atoms with E-state index in [9.17, 15) is 0 Å². The Morgan fingerprint density at radius 2 is 1.88 bits per heavy atom. The second kappa shape index (κ2) is 5.48. The van der Waals surface area contributed by atoms with Crippen molar-refractivity contribution in [2.24, 2.45) is 11.8 Å². The van der Waals surface area contributed by atoms with Crippen LogP contribution in [0.4, 0.5) is 5.95 Å². The fourth-order valence-corrected chi connectivity index (χ4v) is 2.27. The van der Waals surface area contributed by atoms with Crippen LogP contribution in [0.25, 0.3) is 0 Å². The number of halogens is 1. The third-order valence-corrected chi connectivity index (χ3v) is 3.50. The zero-order valence-corrected chi connectivity index (χ0v) is 10.4. The molecule has 0 spiro atoms. The minimum Gasteiger partial charge on any atom is -0.354 e. The molecule has 1 aliphatic carbocycles. The zero-order chi connectivity index (χ0) is 11.4. The van der Waals surface area contributed by atoms with E-state index in [0.29, 0.717) is 11.0 Å². The number of hydrogen-bond acceptors (Lipinski definition) is 3. The van der Waals surface area contributed by atoms with Crippen LogP contribution in [0.2, 0.25) is 5.02 Å². The molecule has 4 heteroatoms. The fourth-order valence-electron chi connectivity index (χ4n) is 2.17. The third-order valence-electron chi connectivity index (χ3n) is 3.30. The molecule has 1 aromatic rings. The summed E-state index contributed by atoms with van der Waals surface area (Å²) in [5.74, 6) is 2.36. The molecule has 1 saturated carbocycles. The summed E-state index contributed by atoms with van der Waals surface area (Å²) >= 11 is 5.72. The van der Waals surface area contributed by atoms with Gasteiger partial charge in [0.15, 0.2) is 0 Å². The molecule has 0 unspecified atom stereocenters. The highest BCUT2D eigenvalue weighted by Crippen LogP contribution is 2.28. The maximum atomic E-state index is 5.72. The second-order valence-corrected chi connectivity index (χ2v) is 5.17. The van der Waals surface area contributed by atoms with E-state index >= 15 is 0 Å². The van der Waals surface area contributed by atoms with Crippen molar-refractivity contribution in [1.82, 2.24) is 9.97 Å². The monoisotopic (exact) mass is 239 g/mol. The number of rotatable bonds is 3. The van der Waals surface area contributed by atoms with E-state index in [4.69, 9.17) is 11.6 Å². The molecule has 1 N–H and O–H groups in total. The molecule has 16 heavy (non-hydrogen) atoms. The molecule has 0 saturated heterocycles. The summed E-state index contributed by atoms with van der Waals surface area (Å²) in [5, 5.41) is 3.86. The van der Waals surface area contributed by atoms with Gasteiger partial charge < -0.3 is 5.32 Å². The Hall–Kier alpha value is -0.830. The van der Waals surface area contributed by atoms with Crippen LogP contribution < -0.4 is 5.32 Å². The van der Waals surface area contributed by atoms with Crippen molar-refractivity contribution in [1.29, 1.82) is 0 Å². The van der Waals surface area contributed by atoms with Gasteiger partial charge in [-0.15, -0.1) is 0 Å². The van der Waals surface area contributed by atoms with Crippen molar-refractivity contribution in [3.05, 3.63) is 17.4 Å². The standard InChI is InChI=1S/C12H18ClN3/c1-9-2-4-10(5-3-9)6-14-12-15-7-11(13)8-16-12/h7-10H,2-6H2,1H3,(H,14,15,16). The predicted molar refractivity (Wildman–Crippen MR) is 66.7 cm³/mol. The smallest absolute Gasteiger partial charge is 0.222 e. The Balaban J connectivity index is 1.77. The summed E-state index contributed by atoms with van der Waals surface area (Å²) in [6.45, 7) is 3.32. The largest absolute Gasteiger partial charge is 0.354 e. The van der Waals surface area contributed by atoms with Gasteiger partial charge in [0.2, 0.25) is 5.95 Å². The van der Waals surface area contributed by atoms with Gasteiger partial charge in [-0.3, -0.25) is 0 Å². The van der Waals surface area contributed by atoms with E-state index in [1.807, 2.05) is 0 Å². The van der Waals surface area contributed by atoms with Crippen molar-refractivity contribution in [3.63, 3.8) is 0 Å². The number of hydrogen-bond donors (Lipinski definition) is 1. The van der Waals surface area contributed by atoms with Crippen LogP contribution in [0, 0.1) is 11.8 Å². The van der Waals surface area contributed by atoms with Gasteiger partial charge in [-0.25, -0.2) is 9.97 Å². The quantitative estimate of drug-likeness (QED) is 0.879. The molecule has 0 aromatic carbocycles. The molecule has 0 radical (unpaired) electrons. The molecule has 1 aliphatic rings. The van der Waals surface area contributed by atoms with E-state index in [2.05, 4.69) is 22.2 Å². The third kappa shape index (κ3) is 3.34. The van der Waals surface area contributed by atoms with E-state index in [-0.39, 0.29) is 0 Å². The molecule has 3 nitrogen and oxygen atoms in total. The van der Waals surface area contributed by atoms with Gasteiger partial charge in [-0.1, -0.05) is 31.4 Å². The van der Waals surface area contributed by atoms with Crippen molar-refractivity contribution in [2.75, 3.05) is 11.9 Å². The lowest BCUT2D eigenvalue weighted by Gasteiger charge is -2.26. The minimum atomic E-state index is 0.581. The number of nitrogens with zero attached hydrogens (tertiary/aromatic N) is 2. The van der Waals surface area contributed by atoms with Crippen LogP contribution in [-0.2, 0) is 0 Å². The lowest BCUT2D eigenvalue weighted by Crippen LogP contribution is -2.20. The molecule has 0 amide bonds. The van der Waals surface area contributed by atoms with Crippen LogP contribution >= 0.6 is 11.6 Å². The summed E-state index contributed by atoms with van der Waals surface area (Å²) in [6.07, 6.45) is 8.60. The van der Waals surface area contributed by atoms with Gasteiger partial charge >= 0.3 is 0 Å². The first-order valence-corrected chi connectivity index (χ1v) is 6.33. The molecule has 0 aliphatic heterocycles. The Labute approximate surface area is 102 Å². The Morgan fingerprint density at radius 3 is 2.50 bits per heavy atom. The van der Waals surface area contributed by atoms with Crippen LogP contribution in [-0.4, -0.2) is 16.5 Å². The first-order valence-electron chi connectivity index (χ1n) is 5.95. The maximum Gasteiger partial charge on any atom is 0.222 e. The Bertz CT molecular complexity index is 318. The summed E-state index contributed by atoms with van der Waals surface area (Å²) < 4.78 is 0. The average molecular weight is 240 g/mol. The Kier molecular flexibility index (Phi) is 3.99. The highest BCUT2D eigenvalue weighted by Gasteiger charge is 2.17. The van der Waals surface area contributed by atoms with Gasteiger partial charge in [0.05, 0.1) is 17.4 Å². The van der Waals surface area contributed by atoms with Crippen molar-refractivity contribution >= 4 is 17.5 Å². The van der Waals surface area contributed by atoms with Gasteiger partial charge in [0.25, 0.3) is 0 Å². The first kappa shape index (κ1) is 11.6. The summed E-state index contributed by atoms with van der Waals surface area (Å²) in [6, 6.07) is 0. The number of nitrogens with one attached hydrogen (secondary N) is 1. The van der Waals surface area contributed by atoms with Crippen LogP contribution in [0.3, 0.4) is 0 Å². The van der Waals surface area contributed by atoms with Gasteiger partial charge in [0.1, 0.15) is 0 Å². The average Bonchev–Trinajstić information content (AvgIpc) is 2.30. The molecule has 1 aromatic heterocycles. The molecule has 1 fully saturated rings. The van der Waals surface area contributed by atoms with E-state index < -0.39 is 0 Å². The molecule has 2 rings (SSSR count). The first-order chi connectivity index (χ1) is 7.74. The highest BCUT2D eigenvalue weighted by atomic mass is 35.5. The molecule has 0 bridgehead atoms. The summed E-state index contributed by atoms with van der Waals surface area (Å²) in [4.78, 5) is 8.25. The zero-order valence-electron chi connectivity index (χ0n) is 9.62.